The van der Waals surface area contributed by atoms with E-state index >= 15 is 0 Å². The zero-order valence-electron chi connectivity index (χ0n) is 19.0. The Bertz CT molecular complexity index is 1080. The van der Waals surface area contributed by atoms with Crippen molar-refractivity contribution in [3.8, 4) is 0 Å². The number of nitrogens with zero attached hydrogens (tertiary/aromatic N) is 4. The van der Waals surface area contributed by atoms with Crippen LogP contribution >= 0.6 is 0 Å². The molecule has 32 heavy (non-hydrogen) atoms. The Hall–Kier alpha value is -2.97. The fourth-order valence-electron chi connectivity index (χ4n) is 4.38. The van der Waals surface area contributed by atoms with Crippen LogP contribution in [0, 0.1) is 0 Å². The predicted molar refractivity (Wildman–Crippen MR) is 127 cm³/mol. The molecule has 0 radical (unpaired) electrons. The van der Waals surface area contributed by atoms with Crippen LogP contribution < -0.4 is 10.6 Å². The lowest BCUT2D eigenvalue weighted by Gasteiger charge is -2.37. The number of hydrogen-bond donors (Lipinski definition) is 3. The fourth-order valence-corrected chi connectivity index (χ4v) is 4.38. The summed E-state index contributed by atoms with van der Waals surface area (Å²) in [6.07, 6.45) is 9.18. The molecule has 2 aliphatic rings. The van der Waals surface area contributed by atoms with Gasteiger partial charge in [0, 0.05) is 18.8 Å². The first kappa shape index (κ1) is 22.2. The van der Waals surface area contributed by atoms with E-state index in [4.69, 9.17) is 10.1 Å². The molecule has 1 fully saturated rings. The third-order valence-corrected chi connectivity index (χ3v) is 6.31. The maximum Gasteiger partial charge on any atom is 0.183 e. The number of nitrogens with one attached hydrogen (secondary N) is 2. The number of ketones is 1. The smallest absolute Gasteiger partial charge is 0.183 e. The van der Waals surface area contributed by atoms with E-state index in [1.165, 1.54) is 32.4 Å². The number of aliphatic imine (C=N–C) groups is 1. The summed E-state index contributed by atoms with van der Waals surface area (Å²) in [5.41, 5.74) is 3.55. The molecule has 0 unspecified atom stereocenters. The van der Waals surface area contributed by atoms with Crippen molar-refractivity contribution in [3.05, 3.63) is 47.8 Å². The van der Waals surface area contributed by atoms with Gasteiger partial charge < -0.3 is 20.2 Å². The van der Waals surface area contributed by atoms with Crippen LogP contribution in [0.5, 0.6) is 0 Å². The maximum absolute atomic E-state index is 12.2. The van der Waals surface area contributed by atoms with Gasteiger partial charge in [-0.2, -0.15) is 0 Å². The molecule has 170 valence electrons. The third-order valence-electron chi connectivity index (χ3n) is 6.31. The Morgan fingerprint density at radius 1 is 1.16 bits per heavy atom. The zero-order valence-corrected chi connectivity index (χ0v) is 19.0. The van der Waals surface area contributed by atoms with Crippen LogP contribution in [0.2, 0.25) is 0 Å². The number of pyridine rings is 1. The maximum atomic E-state index is 12.2. The van der Waals surface area contributed by atoms with Gasteiger partial charge in [-0.1, -0.05) is 6.07 Å². The molecule has 0 aromatic carbocycles. The number of piperidine rings is 1. The highest BCUT2D eigenvalue weighted by atomic mass is 16.3. The third kappa shape index (κ3) is 4.92. The van der Waals surface area contributed by atoms with Crippen molar-refractivity contribution in [1.82, 2.24) is 14.9 Å². The number of fused-ring (bicyclic) bond motifs is 1. The van der Waals surface area contributed by atoms with Gasteiger partial charge >= 0.3 is 0 Å². The van der Waals surface area contributed by atoms with E-state index in [9.17, 15) is 9.90 Å². The minimum atomic E-state index is -0.0545. The fraction of sp³-hybridized carbons (Fsp3) is 0.458. The summed E-state index contributed by atoms with van der Waals surface area (Å²) in [7, 11) is 2.34. The Balaban J connectivity index is 1.63. The molecular weight excluding hydrogens is 404 g/mol. The van der Waals surface area contributed by atoms with Crippen molar-refractivity contribution >= 4 is 28.5 Å². The second kappa shape index (κ2) is 9.67. The van der Waals surface area contributed by atoms with Gasteiger partial charge in [-0.15, -0.1) is 5.10 Å². The standard InChI is InChI=1S/C24H32N6O2/c1-18-16-20(19(17-22(18)32)25-10-15-31)27-23-21-8-4-5-11-29(21)28-24(23)26-9-14-30(2)12-6-3-7-13-30/h4-5,8,11,16-17,31H,3,6-7,9-10,12-15H2,1-2H3,(H-,25,26,28,32)/p+1. The van der Waals surface area contributed by atoms with E-state index in [0.717, 1.165) is 34.6 Å². The minimum absolute atomic E-state index is 0.0257. The molecule has 0 atom stereocenters. The van der Waals surface area contributed by atoms with Gasteiger partial charge in [0.2, 0.25) is 0 Å². The van der Waals surface area contributed by atoms with Gasteiger partial charge in [-0.3, -0.25) is 4.79 Å². The number of hydrogen-bond acceptors (Lipinski definition) is 6. The van der Waals surface area contributed by atoms with E-state index in [2.05, 4.69) is 17.7 Å². The van der Waals surface area contributed by atoms with Gasteiger partial charge in [-0.05, 0) is 50.0 Å². The summed E-state index contributed by atoms with van der Waals surface area (Å²) in [6.45, 7) is 6.42. The lowest BCUT2D eigenvalue weighted by atomic mass is 10.0. The number of carbonyl (C=O) groups is 1. The second-order valence-electron chi connectivity index (χ2n) is 8.90. The highest BCUT2D eigenvalue weighted by Crippen LogP contribution is 2.31. The number of carbonyl (C=O) groups excluding carboxylic acids is 1. The Labute approximate surface area is 188 Å². The van der Waals surface area contributed by atoms with Gasteiger partial charge in [0.25, 0.3) is 0 Å². The molecule has 1 saturated heterocycles. The second-order valence-corrected chi connectivity index (χ2v) is 8.90. The first-order valence-corrected chi connectivity index (χ1v) is 11.4. The van der Waals surface area contributed by atoms with Crippen LogP contribution in [0.15, 0.2) is 52.8 Å². The number of quaternary nitrogens is 1. The van der Waals surface area contributed by atoms with E-state index in [-0.39, 0.29) is 12.4 Å². The molecule has 0 amide bonds. The molecule has 1 aliphatic heterocycles. The zero-order chi connectivity index (χ0) is 22.6. The first-order valence-electron chi connectivity index (χ1n) is 11.4. The number of aromatic nitrogens is 2. The number of aliphatic hydroxyl groups is 1. The molecule has 0 saturated carbocycles. The van der Waals surface area contributed by atoms with Crippen LogP contribution in [0.3, 0.4) is 0 Å². The normalized spacial score (nSPS) is 19.7. The van der Waals surface area contributed by atoms with Crippen molar-refractivity contribution < 1.29 is 14.4 Å². The summed E-state index contributed by atoms with van der Waals surface area (Å²) in [5, 5.41) is 20.6. The first-order chi connectivity index (χ1) is 15.5. The van der Waals surface area contributed by atoms with Crippen molar-refractivity contribution in [3.63, 3.8) is 0 Å². The number of likely N-dealkylation sites (tertiary alicyclic amines) is 1. The summed E-state index contributed by atoms with van der Waals surface area (Å²) in [5.74, 6) is 0.679. The van der Waals surface area contributed by atoms with E-state index in [1.807, 2.05) is 28.9 Å². The van der Waals surface area contributed by atoms with Gasteiger partial charge in [0.1, 0.15) is 5.69 Å². The van der Waals surface area contributed by atoms with E-state index < -0.39 is 0 Å². The molecule has 8 heteroatoms. The average Bonchev–Trinajstić information content (AvgIpc) is 3.13. The number of rotatable bonds is 8. The highest BCUT2D eigenvalue weighted by Gasteiger charge is 2.25. The highest BCUT2D eigenvalue weighted by molar-refractivity contribution is 6.22. The Morgan fingerprint density at radius 2 is 1.97 bits per heavy atom. The number of allylic oxidation sites excluding steroid dienone is 3. The molecule has 3 heterocycles. The summed E-state index contributed by atoms with van der Waals surface area (Å²) in [6, 6.07) is 5.90. The monoisotopic (exact) mass is 437 g/mol. The van der Waals surface area contributed by atoms with Gasteiger partial charge in [0.15, 0.2) is 11.6 Å². The molecule has 4 rings (SSSR count). The van der Waals surface area contributed by atoms with Crippen molar-refractivity contribution in [2.45, 2.75) is 26.2 Å². The molecule has 1 aliphatic carbocycles. The molecule has 0 spiro atoms. The van der Waals surface area contributed by atoms with Crippen LogP contribution in [-0.2, 0) is 4.79 Å². The van der Waals surface area contributed by atoms with Crippen molar-refractivity contribution in [2.24, 2.45) is 4.99 Å². The lowest BCUT2D eigenvalue weighted by molar-refractivity contribution is -0.912. The number of aliphatic hydroxyl groups excluding tert-OH is 1. The van der Waals surface area contributed by atoms with Crippen LogP contribution in [0.1, 0.15) is 26.2 Å². The largest absolute Gasteiger partial charge is 0.395 e. The van der Waals surface area contributed by atoms with Crippen LogP contribution in [-0.4, -0.2) is 77.1 Å². The molecule has 3 N–H and O–H groups in total. The predicted octanol–water partition coefficient (Wildman–Crippen LogP) is 2.44. The molecule has 8 nitrogen and oxygen atoms in total. The average molecular weight is 438 g/mol. The van der Waals surface area contributed by atoms with Crippen LogP contribution in [0.25, 0.3) is 5.52 Å². The van der Waals surface area contributed by atoms with Crippen molar-refractivity contribution in [2.75, 3.05) is 51.7 Å². The SMILES string of the molecule is CC1=CC(=Nc2c(NCC[N+]3(C)CCCCC3)nn3ccccc23)C(NCCO)=CC1=O. The Kier molecular flexibility index (Phi) is 6.72. The number of anilines is 1. The van der Waals surface area contributed by atoms with Crippen molar-refractivity contribution in [1.29, 1.82) is 0 Å². The van der Waals surface area contributed by atoms with Gasteiger partial charge in [-0.25, -0.2) is 9.51 Å². The molecular formula is C24H33N6O2+. The van der Waals surface area contributed by atoms with E-state index in [1.54, 1.807) is 19.1 Å². The quantitative estimate of drug-likeness (QED) is 0.436. The Morgan fingerprint density at radius 3 is 2.75 bits per heavy atom. The molecule has 2 aromatic heterocycles. The number of likely N-dealkylation sites (N-methyl/N-ethyl adjacent to an activating group) is 1. The molecule has 2 aromatic rings. The van der Waals surface area contributed by atoms with E-state index in [0.29, 0.717) is 23.5 Å². The van der Waals surface area contributed by atoms with Gasteiger partial charge in [0.05, 0.1) is 56.8 Å². The summed E-state index contributed by atoms with van der Waals surface area (Å²) >= 11 is 0. The summed E-state index contributed by atoms with van der Waals surface area (Å²) in [4.78, 5) is 17.1. The summed E-state index contributed by atoms with van der Waals surface area (Å²) < 4.78 is 2.92. The molecule has 0 bridgehead atoms. The topological polar surface area (TPSA) is 91.0 Å². The minimum Gasteiger partial charge on any atom is -0.395 e. The lowest BCUT2D eigenvalue weighted by Crippen LogP contribution is -2.50. The van der Waals surface area contributed by atoms with Crippen LogP contribution in [0.4, 0.5) is 11.5 Å².